The predicted octanol–water partition coefficient (Wildman–Crippen LogP) is 4.35. The van der Waals surface area contributed by atoms with E-state index in [4.69, 9.17) is 0 Å². The number of thioether (sulfide) groups is 1. The van der Waals surface area contributed by atoms with Gasteiger partial charge in [-0.2, -0.15) is 4.98 Å². The summed E-state index contributed by atoms with van der Waals surface area (Å²) in [7, 11) is 0. The minimum Gasteiger partial charge on any atom is -0.493 e. The molecule has 4 rings (SSSR count). The molecule has 0 aliphatic rings. The van der Waals surface area contributed by atoms with Gasteiger partial charge in [0.2, 0.25) is 5.88 Å². The second-order valence-corrected chi connectivity index (χ2v) is 7.29. The smallest absolute Gasteiger partial charge is 0.262 e. The number of aromatic amines is 1. The average Bonchev–Trinajstić information content (AvgIpc) is 3.15. The highest BCUT2D eigenvalue weighted by Gasteiger charge is 2.28. The highest BCUT2D eigenvalue weighted by atomic mass is 32.2. The van der Waals surface area contributed by atoms with Crippen molar-refractivity contribution in [2.75, 3.05) is 6.26 Å². The number of para-hydroxylation sites is 1. The first kappa shape index (κ1) is 18.4. The van der Waals surface area contributed by atoms with Crippen LogP contribution in [0.15, 0.2) is 70.7 Å². The summed E-state index contributed by atoms with van der Waals surface area (Å²) in [6.07, 6.45) is 3.77. The lowest BCUT2D eigenvalue weighted by Crippen LogP contribution is -2.28. The predicted molar refractivity (Wildman–Crippen MR) is 113 cm³/mol. The third-order valence-electron chi connectivity index (χ3n) is 5.00. The van der Waals surface area contributed by atoms with Gasteiger partial charge in [-0.05, 0) is 30.4 Å². The van der Waals surface area contributed by atoms with E-state index in [1.54, 1.807) is 4.57 Å². The first-order valence-electron chi connectivity index (χ1n) is 9.14. The topological polar surface area (TPSA) is 70.9 Å². The van der Waals surface area contributed by atoms with Crippen LogP contribution in [-0.2, 0) is 6.54 Å². The van der Waals surface area contributed by atoms with Crippen LogP contribution in [0.2, 0.25) is 0 Å². The maximum atomic E-state index is 13.4. The lowest BCUT2D eigenvalue weighted by molar-refractivity contribution is 0.423. The molecule has 1 atom stereocenters. The second kappa shape index (κ2) is 7.56. The summed E-state index contributed by atoms with van der Waals surface area (Å²) in [5.74, 6) is -0.635. The van der Waals surface area contributed by atoms with Crippen LogP contribution >= 0.6 is 11.8 Å². The quantitative estimate of drug-likeness (QED) is 0.392. The van der Waals surface area contributed by atoms with Crippen LogP contribution < -0.4 is 5.56 Å². The van der Waals surface area contributed by atoms with E-state index >= 15 is 0 Å². The number of H-pyrrole nitrogens is 1. The van der Waals surface area contributed by atoms with Crippen molar-refractivity contribution < 1.29 is 5.11 Å². The first-order chi connectivity index (χ1) is 13.7. The minimum atomic E-state index is -0.425. The molecule has 28 heavy (non-hydrogen) atoms. The standard InChI is InChI=1S/C22H21N3O2S/c1-3-25-21(27)19(20(26)24-22(25)28-2)18(14-9-5-4-6-10-14)16-13-23-17-12-8-7-11-15(16)17/h4-13,18,23,26H,3H2,1-2H3. The van der Waals surface area contributed by atoms with Crippen molar-refractivity contribution in [3.8, 4) is 5.88 Å². The van der Waals surface area contributed by atoms with Gasteiger partial charge in [-0.15, -0.1) is 0 Å². The zero-order chi connectivity index (χ0) is 19.7. The Morgan fingerprint density at radius 1 is 1.14 bits per heavy atom. The molecule has 2 N–H and O–H groups in total. The van der Waals surface area contributed by atoms with Gasteiger partial charge in [-0.25, -0.2) is 0 Å². The molecule has 2 heterocycles. The molecule has 0 amide bonds. The van der Waals surface area contributed by atoms with Gasteiger partial charge in [0.1, 0.15) is 0 Å². The van der Waals surface area contributed by atoms with Crippen LogP contribution in [0.5, 0.6) is 5.88 Å². The molecule has 2 aromatic heterocycles. The van der Waals surface area contributed by atoms with Crippen molar-refractivity contribution in [3.63, 3.8) is 0 Å². The molecule has 5 nitrogen and oxygen atoms in total. The van der Waals surface area contributed by atoms with E-state index in [2.05, 4.69) is 9.97 Å². The van der Waals surface area contributed by atoms with Gasteiger partial charge >= 0.3 is 0 Å². The minimum absolute atomic E-state index is 0.210. The van der Waals surface area contributed by atoms with Crippen molar-refractivity contribution in [2.45, 2.75) is 24.5 Å². The molecule has 1 unspecified atom stereocenters. The van der Waals surface area contributed by atoms with E-state index in [0.717, 1.165) is 22.0 Å². The van der Waals surface area contributed by atoms with Crippen molar-refractivity contribution in [1.82, 2.24) is 14.5 Å². The van der Waals surface area contributed by atoms with Gasteiger partial charge < -0.3 is 10.1 Å². The summed E-state index contributed by atoms with van der Waals surface area (Å²) in [6, 6.07) is 17.7. The van der Waals surface area contributed by atoms with Gasteiger partial charge in [0.15, 0.2) is 5.16 Å². The average molecular weight is 391 g/mol. The molecule has 0 saturated heterocycles. The van der Waals surface area contributed by atoms with E-state index in [1.807, 2.05) is 74.0 Å². The summed E-state index contributed by atoms with van der Waals surface area (Å²) in [6.45, 7) is 2.40. The van der Waals surface area contributed by atoms with Gasteiger partial charge in [0, 0.05) is 29.6 Å². The Morgan fingerprint density at radius 3 is 2.57 bits per heavy atom. The maximum absolute atomic E-state index is 13.4. The first-order valence-corrected chi connectivity index (χ1v) is 10.4. The number of rotatable bonds is 5. The highest BCUT2D eigenvalue weighted by Crippen LogP contribution is 2.38. The van der Waals surface area contributed by atoms with Crippen LogP contribution in [0.4, 0.5) is 0 Å². The normalized spacial score (nSPS) is 12.4. The van der Waals surface area contributed by atoms with Crippen LogP contribution in [0.3, 0.4) is 0 Å². The number of benzene rings is 2. The number of nitrogens with one attached hydrogen (secondary N) is 1. The molecule has 0 aliphatic carbocycles. The van der Waals surface area contributed by atoms with Gasteiger partial charge in [0.05, 0.1) is 5.56 Å². The number of hydrogen-bond acceptors (Lipinski definition) is 4. The highest BCUT2D eigenvalue weighted by molar-refractivity contribution is 7.98. The number of hydrogen-bond donors (Lipinski definition) is 2. The van der Waals surface area contributed by atoms with E-state index in [-0.39, 0.29) is 11.4 Å². The van der Waals surface area contributed by atoms with Crippen molar-refractivity contribution in [2.24, 2.45) is 0 Å². The Morgan fingerprint density at radius 2 is 1.86 bits per heavy atom. The molecule has 0 bridgehead atoms. The lowest BCUT2D eigenvalue weighted by Gasteiger charge is -2.20. The van der Waals surface area contributed by atoms with E-state index in [0.29, 0.717) is 17.3 Å². The lowest BCUT2D eigenvalue weighted by atomic mass is 9.86. The Labute approximate surface area is 167 Å². The molecule has 142 valence electrons. The largest absolute Gasteiger partial charge is 0.493 e. The molecule has 0 aliphatic heterocycles. The fourth-order valence-electron chi connectivity index (χ4n) is 3.71. The second-order valence-electron chi connectivity index (χ2n) is 6.52. The number of nitrogens with zero attached hydrogens (tertiary/aromatic N) is 2. The number of aromatic hydroxyl groups is 1. The zero-order valence-electron chi connectivity index (χ0n) is 15.7. The molecule has 0 saturated carbocycles. The van der Waals surface area contributed by atoms with E-state index in [9.17, 15) is 9.90 Å². The maximum Gasteiger partial charge on any atom is 0.262 e. The third kappa shape index (κ3) is 2.99. The zero-order valence-corrected chi connectivity index (χ0v) is 16.5. The fourth-order valence-corrected chi connectivity index (χ4v) is 4.32. The van der Waals surface area contributed by atoms with Gasteiger partial charge in [-0.1, -0.05) is 60.3 Å². The summed E-state index contributed by atoms with van der Waals surface area (Å²) < 4.78 is 1.62. The molecule has 0 spiro atoms. The Balaban J connectivity index is 2.05. The van der Waals surface area contributed by atoms with E-state index < -0.39 is 5.92 Å². The number of fused-ring (bicyclic) bond motifs is 1. The molecule has 4 aromatic rings. The summed E-state index contributed by atoms with van der Waals surface area (Å²) in [4.78, 5) is 21.0. The van der Waals surface area contributed by atoms with Crippen molar-refractivity contribution >= 4 is 22.7 Å². The monoisotopic (exact) mass is 391 g/mol. The number of aromatic nitrogens is 3. The van der Waals surface area contributed by atoms with Gasteiger partial charge in [0.25, 0.3) is 5.56 Å². The van der Waals surface area contributed by atoms with Gasteiger partial charge in [-0.3, -0.25) is 9.36 Å². The van der Waals surface area contributed by atoms with Crippen LogP contribution in [0.25, 0.3) is 10.9 Å². The summed E-state index contributed by atoms with van der Waals surface area (Å²) >= 11 is 1.35. The molecule has 0 fully saturated rings. The van der Waals surface area contributed by atoms with Crippen molar-refractivity contribution in [1.29, 1.82) is 0 Å². The fraction of sp³-hybridized carbons (Fsp3) is 0.182. The van der Waals surface area contributed by atoms with Crippen molar-refractivity contribution in [3.05, 3.63) is 87.8 Å². The Kier molecular flexibility index (Phi) is 4.96. The molecular formula is C22H21N3O2S. The molecule has 6 heteroatoms. The molecular weight excluding hydrogens is 370 g/mol. The third-order valence-corrected chi connectivity index (χ3v) is 5.68. The SMILES string of the molecule is CCn1c(SC)nc(O)c(C(c2ccccc2)c2c[nH]c3ccccc23)c1=O. The van der Waals surface area contributed by atoms with E-state index in [1.165, 1.54) is 11.8 Å². The van der Waals surface area contributed by atoms with Crippen LogP contribution in [-0.4, -0.2) is 25.9 Å². The Hall–Kier alpha value is -2.99. The molecule has 2 aromatic carbocycles. The van der Waals surface area contributed by atoms with Crippen LogP contribution in [0.1, 0.15) is 29.5 Å². The summed E-state index contributed by atoms with van der Waals surface area (Å²) in [5, 5.41) is 12.3. The molecule has 0 radical (unpaired) electrons. The Bertz CT molecular complexity index is 1180. The van der Waals surface area contributed by atoms with Crippen LogP contribution in [0, 0.1) is 0 Å². The summed E-state index contributed by atoms with van der Waals surface area (Å²) in [5.41, 5.74) is 2.95.